The van der Waals surface area contributed by atoms with Crippen LogP contribution in [-0.2, 0) is 4.79 Å². The van der Waals surface area contributed by atoms with Gasteiger partial charge in [-0.3, -0.25) is 9.59 Å². The second-order valence-electron chi connectivity index (χ2n) is 4.80. The van der Waals surface area contributed by atoms with Gasteiger partial charge in [0.25, 0.3) is 5.91 Å². The Bertz CT molecular complexity index is 704. The van der Waals surface area contributed by atoms with Crippen LogP contribution in [0.3, 0.4) is 0 Å². The van der Waals surface area contributed by atoms with Gasteiger partial charge in [-0.15, -0.1) is 0 Å². The zero-order valence-electron chi connectivity index (χ0n) is 12.6. The summed E-state index contributed by atoms with van der Waals surface area (Å²) in [5.41, 5.74) is 1.11. The highest BCUT2D eigenvalue weighted by atomic mass is 35.5. The van der Waals surface area contributed by atoms with Crippen molar-refractivity contribution in [1.82, 2.24) is 5.32 Å². The van der Waals surface area contributed by atoms with Crippen LogP contribution in [0, 0.1) is 0 Å². The first-order valence-electron chi connectivity index (χ1n) is 7.06. The van der Waals surface area contributed by atoms with Crippen LogP contribution in [0.5, 0.6) is 5.75 Å². The lowest BCUT2D eigenvalue weighted by Gasteiger charge is -2.08. The quantitative estimate of drug-likeness (QED) is 0.854. The molecule has 5 nitrogen and oxygen atoms in total. The van der Waals surface area contributed by atoms with Crippen LogP contribution >= 0.6 is 11.6 Å². The minimum Gasteiger partial charge on any atom is -0.497 e. The molecule has 23 heavy (non-hydrogen) atoms. The minimum absolute atomic E-state index is 0.169. The summed E-state index contributed by atoms with van der Waals surface area (Å²) in [5.74, 6) is 0.161. The fourth-order valence-corrected chi connectivity index (χ4v) is 2.14. The molecule has 0 aliphatic heterocycles. The number of methoxy groups -OCH3 is 1. The standard InChI is InChI=1S/C17H17ClN2O3/c1-23-15-7-2-4-12(10-15)17(22)19-9-8-16(21)20-14-6-3-5-13(18)11-14/h2-7,10-11H,8-9H2,1H3,(H,19,22)(H,20,21). The van der Waals surface area contributed by atoms with E-state index in [2.05, 4.69) is 10.6 Å². The molecule has 0 heterocycles. The third-order valence-corrected chi connectivity index (χ3v) is 3.31. The molecular formula is C17H17ClN2O3. The molecule has 0 spiro atoms. The van der Waals surface area contributed by atoms with Crippen molar-refractivity contribution in [2.75, 3.05) is 19.0 Å². The number of hydrogen-bond donors (Lipinski definition) is 2. The Balaban J connectivity index is 1.79. The molecule has 6 heteroatoms. The van der Waals surface area contributed by atoms with Crippen molar-refractivity contribution in [2.24, 2.45) is 0 Å². The van der Waals surface area contributed by atoms with E-state index in [-0.39, 0.29) is 24.8 Å². The molecule has 2 rings (SSSR count). The highest BCUT2D eigenvalue weighted by Gasteiger charge is 2.08. The van der Waals surface area contributed by atoms with Crippen LogP contribution in [-0.4, -0.2) is 25.5 Å². The van der Waals surface area contributed by atoms with Crippen LogP contribution in [0.4, 0.5) is 5.69 Å². The van der Waals surface area contributed by atoms with Crippen molar-refractivity contribution in [3.63, 3.8) is 0 Å². The number of rotatable bonds is 6. The van der Waals surface area contributed by atoms with E-state index < -0.39 is 0 Å². The van der Waals surface area contributed by atoms with Crippen molar-refractivity contribution in [3.8, 4) is 5.75 Å². The summed E-state index contributed by atoms with van der Waals surface area (Å²) in [6, 6.07) is 13.7. The van der Waals surface area contributed by atoms with E-state index in [4.69, 9.17) is 16.3 Å². The number of benzene rings is 2. The summed E-state index contributed by atoms with van der Waals surface area (Å²) >= 11 is 5.85. The van der Waals surface area contributed by atoms with Gasteiger partial charge >= 0.3 is 0 Å². The molecule has 120 valence electrons. The largest absolute Gasteiger partial charge is 0.497 e. The minimum atomic E-state index is -0.251. The fraction of sp³-hybridized carbons (Fsp3) is 0.176. The third kappa shape index (κ3) is 5.30. The first-order valence-corrected chi connectivity index (χ1v) is 7.44. The van der Waals surface area contributed by atoms with E-state index >= 15 is 0 Å². The molecule has 0 radical (unpaired) electrons. The summed E-state index contributed by atoms with van der Waals surface area (Å²) in [7, 11) is 1.54. The molecule has 0 aliphatic rings. The van der Waals surface area contributed by atoms with Crippen LogP contribution in [0.1, 0.15) is 16.8 Å². The number of nitrogens with one attached hydrogen (secondary N) is 2. The lowest BCUT2D eigenvalue weighted by Crippen LogP contribution is -2.27. The van der Waals surface area contributed by atoms with Gasteiger partial charge in [0.05, 0.1) is 7.11 Å². The second-order valence-corrected chi connectivity index (χ2v) is 5.23. The van der Waals surface area contributed by atoms with Gasteiger partial charge in [0.1, 0.15) is 5.75 Å². The smallest absolute Gasteiger partial charge is 0.251 e. The number of carbonyl (C=O) groups excluding carboxylic acids is 2. The van der Waals surface area contributed by atoms with Crippen molar-refractivity contribution < 1.29 is 14.3 Å². The van der Waals surface area contributed by atoms with Crippen LogP contribution in [0.15, 0.2) is 48.5 Å². The number of carbonyl (C=O) groups is 2. The maximum absolute atomic E-state index is 12.0. The van der Waals surface area contributed by atoms with E-state index in [1.807, 2.05) is 0 Å². The van der Waals surface area contributed by atoms with E-state index in [0.29, 0.717) is 22.0 Å². The first kappa shape index (κ1) is 16.8. The average Bonchev–Trinajstić information content (AvgIpc) is 2.54. The van der Waals surface area contributed by atoms with Crippen LogP contribution in [0.2, 0.25) is 5.02 Å². The lowest BCUT2D eigenvalue weighted by atomic mass is 10.2. The second kappa shape index (κ2) is 8.19. The summed E-state index contributed by atoms with van der Waals surface area (Å²) in [6.07, 6.45) is 0.169. The highest BCUT2D eigenvalue weighted by Crippen LogP contribution is 2.15. The van der Waals surface area contributed by atoms with Crippen molar-refractivity contribution >= 4 is 29.1 Å². The molecule has 2 N–H and O–H groups in total. The van der Waals surface area contributed by atoms with E-state index in [1.54, 1.807) is 48.5 Å². The fourth-order valence-electron chi connectivity index (χ4n) is 1.95. The Hall–Kier alpha value is -2.53. The van der Waals surface area contributed by atoms with Crippen molar-refractivity contribution in [1.29, 1.82) is 0 Å². The van der Waals surface area contributed by atoms with E-state index in [0.717, 1.165) is 0 Å². The predicted molar refractivity (Wildman–Crippen MR) is 90.0 cm³/mol. The molecule has 2 amide bonds. The Morgan fingerprint density at radius 1 is 1.13 bits per heavy atom. The van der Waals surface area contributed by atoms with Gasteiger partial charge in [-0.25, -0.2) is 0 Å². The van der Waals surface area contributed by atoms with E-state index in [1.165, 1.54) is 7.11 Å². The molecule has 0 fully saturated rings. The van der Waals surface area contributed by atoms with E-state index in [9.17, 15) is 9.59 Å². The van der Waals surface area contributed by atoms with Gasteiger partial charge in [0.15, 0.2) is 0 Å². The summed E-state index contributed by atoms with van der Waals surface area (Å²) < 4.78 is 5.07. The number of halogens is 1. The molecule has 2 aromatic rings. The Morgan fingerprint density at radius 2 is 1.91 bits per heavy atom. The summed E-state index contributed by atoms with van der Waals surface area (Å²) in [5, 5.41) is 5.97. The summed E-state index contributed by atoms with van der Waals surface area (Å²) in [6.45, 7) is 0.239. The van der Waals surface area contributed by atoms with Gasteiger partial charge in [-0.1, -0.05) is 23.7 Å². The number of ether oxygens (including phenoxy) is 1. The Kier molecular flexibility index (Phi) is 6.00. The van der Waals surface area contributed by atoms with Gasteiger partial charge in [-0.2, -0.15) is 0 Å². The number of anilines is 1. The van der Waals surface area contributed by atoms with Gasteiger partial charge in [-0.05, 0) is 36.4 Å². The normalized spacial score (nSPS) is 10.0. The molecular weight excluding hydrogens is 316 g/mol. The predicted octanol–water partition coefficient (Wildman–Crippen LogP) is 3.11. The van der Waals surface area contributed by atoms with Gasteiger partial charge in [0.2, 0.25) is 5.91 Å². The maximum atomic E-state index is 12.0. The van der Waals surface area contributed by atoms with Crippen LogP contribution in [0.25, 0.3) is 0 Å². The lowest BCUT2D eigenvalue weighted by molar-refractivity contribution is -0.116. The van der Waals surface area contributed by atoms with Gasteiger partial charge in [0, 0.05) is 29.2 Å². The molecule has 2 aromatic carbocycles. The number of amides is 2. The Morgan fingerprint density at radius 3 is 2.65 bits per heavy atom. The van der Waals surface area contributed by atoms with Crippen LogP contribution < -0.4 is 15.4 Å². The SMILES string of the molecule is COc1cccc(C(=O)NCCC(=O)Nc2cccc(Cl)c2)c1. The number of hydrogen-bond acceptors (Lipinski definition) is 3. The summed E-state index contributed by atoms with van der Waals surface area (Å²) in [4.78, 5) is 23.8. The first-order chi connectivity index (χ1) is 11.1. The van der Waals surface area contributed by atoms with Crippen molar-refractivity contribution in [2.45, 2.75) is 6.42 Å². The monoisotopic (exact) mass is 332 g/mol. The molecule has 0 bridgehead atoms. The molecule has 0 saturated heterocycles. The van der Waals surface area contributed by atoms with Gasteiger partial charge < -0.3 is 15.4 Å². The molecule has 0 saturated carbocycles. The average molecular weight is 333 g/mol. The Labute approximate surface area is 139 Å². The molecule has 0 aromatic heterocycles. The topological polar surface area (TPSA) is 67.4 Å². The zero-order valence-corrected chi connectivity index (χ0v) is 13.4. The maximum Gasteiger partial charge on any atom is 0.251 e. The van der Waals surface area contributed by atoms with Crippen molar-refractivity contribution in [3.05, 3.63) is 59.1 Å². The third-order valence-electron chi connectivity index (χ3n) is 3.08. The molecule has 0 aliphatic carbocycles. The molecule has 0 atom stereocenters. The molecule has 0 unspecified atom stereocenters. The highest BCUT2D eigenvalue weighted by molar-refractivity contribution is 6.30. The zero-order chi connectivity index (χ0) is 16.7.